The van der Waals surface area contributed by atoms with Gasteiger partial charge in [-0.3, -0.25) is 14.1 Å². The van der Waals surface area contributed by atoms with Crippen molar-refractivity contribution in [1.29, 1.82) is 0 Å². The maximum absolute atomic E-state index is 12.2. The van der Waals surface area contributed by atoms with Gasteiger partial charge in [0.05, 0.1) is 19.6 Å². The minimum Gasteiger partial charge on any atom is -0.465 e. The summed E-state index contributed by atoms with van der Waals surface area (Å²) in [5.74, 6) is -1.61. The van der Waals surface area contributed by atoms with Gasteiger partial charge in [0.15, 0.2) is 5.25 Å². The van der Waals surface area contributed by atoms with Crippen molar-refractivity contribution in [3.05, 3.63) is 0 Å². The van der Waals surface area contributed by atoms with Gasteiger partial charge >= 0.3 is 11.9 Å². The molecular weight excluding hydrogens is 391 g/mol. The van der Waals surface area contributed by atoms with Gasteiger partial charge in [0, 0.05) is 18.9 Å². The van der Waals surface area contributed by atoms with Crippen molar-refractivity contribution in [3.63, 3.8) is 0 Å². The molecule has 0 heterocycles. The van der Waals surface area contributed by atoms with E-state index < -0.39 is 33.7 Å². The van der Waals surface area contributed by atoms with Crippen molar-refractivity contribution in [2.24, 2.45) is 11.8 Å². The SMILES string of the molecule is CCCCC(CC)COC(=O)CC(C(=O)OCC(CC)CCCC)S(=O)(=O)O.[Li]. The van der Waals surface area contributed by atoms with Crippen molar-refractivity contribution in [2.45, 2.75) is 90.7 Å². The second kappa shape index (κ2) is 17.2. The van der Waals surface area contributed by atoms with Crippen molar-refractivity contribution in [3.8, 4) is 0 Å². The summed E-state index contributed by atoms with van der Waals surface area (Å²) in [5.41, 5.74) is 0. The Morgan fingerprint density at radius 1 is 0.862 bits per heavy atom. The molecule has 0 saturated carbocycles. The summed E-state index contributed by atoms with van der Waals surface area (Å²) in [5, 5.41) is -1.95. The Morgan fingerprint density at radius 2 is 1.31 bits per heavy atom. The number of carbonyl (C=O) groups excluding carboxylic acids is 2. The van der Waals surface area contributed by atoms with Crippen LogP contribution in [0, 0.1) is 11.8 Å². The zero-order chi connectivity index (χ0) is 21.6. The van der Waals surface area contributed by atoms with Crippen molar-refractivity contribution in [2.75, 3.05) is 13.2 Å². The molecule has 0 bridgehead atoms. The Bertz CT molecular complexity index is 551. The molecule has 0 aromatic rings. The second-order valence-corrected chi connectivity index (χ2v) is 8.95. The molecule has 3 unspecified atom stereocenters. The Hall–Kier alpha value is -0.553. The van der Waals surface area contributed by atoms with Gasteiger partial charge in [0.2, 0.25) is 0 Å². The predicted octanol–water partition coefficient (Wildman–Crippen LogP) is 3.77. The van der Waals surface area contributed by atoms with Gasteiger partial charge in [-0.25, -0.2) is 0 Å². The third-order valence-corrected chi connectivity index (χ3v) is 6.08. The van der Waals surface area contributed by atoms with E-state index >= 15 is 0 Å². The fourth-order valence-electron chi connectivity index (χ4n) is 2.82. The summed E-state index contributed by atoms with van der Waals surface area (Å²) in [6, 6.07) is 0. The summed E-state index contributed by atoms with van der Waals surface area (Å²) in [7, 11) is -4.76. The van der Waals surface area contributed by atoms with Gasteiger partial charge in [0.1, 0.15) is 0 Å². The Morgan fingerprint density at radius 3 is 1.69 bits per heavy atom. The van der Waals surface area contributed by atoms with Crippen LogP contribution in [0.2, 0.25) is 0 Å². The number of carbonyl (C=O) groups is 2. The zero-order valence-corrected chi connectivity index (χ0v) is 19.6. The largest absolute Gasteiger partial charge is 0.465 e. The summed E-state index contributed by atoms with van der Waals surface area (Å²) in [4.78, 5) is 24.2. The summed E-state index contributed by atoms with van der Waals surface area (Å²) >= 11 is 0. The van der Waals surface area contributed by atoms with Crippen LogP contribution in [-0.2, 0) is 29.2 Å². The molecule has 0 rings (SSSR count). The maximum Gasteiger partial charge on any atom is 0.327 e. The van der Waals surface area contributed by atoms with E-state index in [1.54, 1.807) is 0 Å². The van der Waals surface area contributed by atoms with Crippen molar-refractivity contribution < 1.29 is 32.0 Å². The molecule has 1 N–H and O–H groups in total. The molecule has 0 aliphatic rings. The van der Waals surface area contributed by atoms with E-state index in [0.717, 1.165) is 51.4 Å². The average Bonchev–Trinajstić information content (AvgIpc) is 2.65. The Balaban J connectivity index is 0. The van der Waals surface area contributed by atoms with Gasteiger partial charge in [-0.2, -0.15) is 8.42 Å². The maximum atomic E-state index is 12.2. The fourth-order valence-corrected chi connectivity index (χ4v) is 3.48. The van der Waals surface area contributed by atoms with E-state index in [1.165, 1.54) is 0 Å². The van der Waals surface area contributed by atoms with E-state index in [1.807, 2.05) is 13.8 Å². The minimum absolute atomic E-state index is 0. The second-order valence-electron chi connectivity index (χ2n) is 7.35. The summed E-state index contributed by atoms with van der Waals surface area (Å²) in [6.45, 7) is 8.35. The van der Waals surface area contributed by atoms with Crippen LogP contribution in [0.5, 0.6) is 0 Å². The first-order valence-corrected chi connectivity index (χ1v) is 12.0. The van der Waals surface area contributed by atoms with Crippen LogP contribution in [-0.4, -0.2) is 62.2 Å². The standard InChI is InChI=1S/C20H38O7S.Li/c1-5-9-11-16(7-3)14-26-19(21)13-18(28(23,24)25)20(22)27-15-17(8-4)12-10-6-2;/h16-18H,5-15H2,1-4H3,(H,23,24,25);. The number of hydrogen-bond donors (Lipinski definition) is 1. The van der Waals surface area contributed by atoms with E-state index in [2.05, 4.69) is 13.8 Å². The number of esters is 2. The molecule has 0 aliphatic heterocycles. The molecule has 1 radical (unpaired) electrons. The molecule has 7 nitrogen and oxygen atoms in total. The fraction of sp³-hybridized carbons (Fsp3) is 0.900. The predicted molar refractivity (Wildman–Crippen MR) is 114 cm³/mol. The quantitative estimate of drug-likeness (QED) is 0.226. The normalized spacial score (nSPS) is 14.4. The third kappa shape index (κ3) is 14.1. The number of hydrogen-bond acceptors (Lipinski definition) is 6. The molecule has 0 amide bonds. The van der Waals surface area contributed by atoms with E-state index in [-0.39, 0.29) is 43.9 Å². The molecule has 0 aliphatic carbocycles. The van der Waals surface area contributed by atoms with Crippen LogP contribution in [0.15, 0.2) is 0 Å². The van der Waals surface area contributed by atoms with E-state index in [9.17, 15) is 22.6 Å². The van der Waals surface area contributed by atoms with Gasteiger partial charge in [-0.05, 0) is 24.7 Å². The molecule has 9 heteroatoms. The van der Waals surface area contributed by atoms with Crippen LogP contribution in [0.1, 0.15) is 85.5 Å². The molecule has 29 heavy (non-hydrogen) atoms. The van der Waals surface area contributed by atoms with Gasteiger partial charge in [0.25, 0.3) is 10.1 Å². The molecular formula is C20H38LiO7S. The zero-order valence-electron chi connectivity index (χ0n) is 18.8. The number of ether oxygens (including phenoxy) is 2. The average molecular weight is 430 g/mol. The van der Waals surface area contributed by atoms with Crippen LogP contribution < -0.4 is 0 Å². The Kier molecular flexibility index (Phi) is 18.1. The molecule has 0 fully saturated rings. The van der Waals surface area contributed by atoms with E-state index in [4.69, 9.17) is 9.47 Å². The van der Waals surface area contributed by atoms with Crippen LogP contribution in [0.25, 0.3) is 0 Å². The van der Waals surface area contributed by atoms with Crippen molar-refractivity contribution >= 4 is 40.9 Å². The van der Waals surface area contributed by atoms with Crippen LogP contribution in [0.3, 0.4) is 0 Å². The molecule has 0 aromatic carbocycles. The monoisotopic (exact) mass is 429 g/mol. The molecule has 0 saturated heterocycles. The minimum atomic E-state index is -4.76. The number of unbranched alkanes of at least 4 members (excludes halogenated alkanes) is 2. The first-order valence-electron chi connectivity index (χ1n) is 10.5. The molecule has 0 aromatic heterocycles. The first-order chi connectivity index (χ1) is 13.2. The molecule has 167 valence electrons. The van der Waals surface area contributed by atoms with Crippen LogP contribution in [0.4, 0.5) is 0 Å². The molecule has 0 spiro atoms. The molecule has 3 atom stereocenters. The first kappa shape index (κ1) is 30.6. The van der Waals surface area contributed by atoms with E-state index in [0.29, 0.717) is 0 Å². The van der Waals surface area contributed by atoms with Gasteiger partial charge < -0.3 is 9.47 Å². The summed E-state index contributed by atoms with van der Waals surface area (Å²) < 4.78 is 42.8. The van der Waals surface area contributed by atoms with Gasteiger partial charge in [-0.15, -0.1) is 0 Å². The van der Waals surface area contributed by atoms with Crippen molar-refractivity contribution in [1.82, 2.24) is 0 Å². The third-order valence-electron chi connectivity index (χ3n) is 5.00. The smallest absolute Gasteiger partial charge is 0.327 e. The number of rotatable bonds is 16. The van der Waals surface area contributed by atoms with Crippen LogP contribution >= 0.6 is 0 Å². The summed E-state index contributed by atoms with van der Waals surface area (Å²) in [6.07, 6.45) is 6.74. The Labute approximate surface area is 188 Å². The van der Waals surface area contributed by atoms with Gasteiger partial charge in [-0.1, -0.05) is 66.2 Å². The topological polar surface area (TPSA) is 107 Å².